The van der Waals surface area contributed by atoms with Crippen LogP contribution in [0.25, 0.3) is 31.8 Å². The van der Waals surface area contributed by atoms with Gasteiger partial charge in [0.25, 0.3) is 0 Å². The van der Waals surface area contributed by atoms with Crippen LogP contribution in [-0.2, 0) is 17.3 Å². The first-order chi connectivity index (χ1) is 29.1. The van der Waals surface area contributed by atoms with Gasteiger partial charge in [-0.2, -0.15) is 0 Å². The van der Waals surface area contributed by atoms with Crippen LogP contribution in [0.4, 0.5) is 0 Å². The molecule has 4 aromatic carbocycles. The lowest BCUT2D eigenvalue weighted by Crippen LogP contribution is -1.84. The lowest BCUT2D eigenvalue weighted by molar-refractivity contribution is 1.01. The van der Waals surface area contributed by atoms with Gasteiger partial charge < -0.3 is 0 Å². The molecule has 0 spiro atoms. The summed E-state index contributed by atoms with van der Waals surface area (Å²) in [5.41, 5.74) is 6.38. The second kappa shape index (κ2) is 22.7. The molecule has 0 unspecified atom stereocenters. The van der Waals surface area contributed by atoms with Crippen LogP contribution in [0.1, 0.15) is 16.7 Å². The summed E-state index contributed by atoms with van der Waals surface area (Å²) in [7, 11) is 0. The molecule has 0 aliphatic heterocycles. The van der Waals surface area contributed by atoms with Crippen molar-refractivity contribution < 1.29 is 0 Å². The molecule has 0 bridgehead atoms. The molecular weight excluding hydrogens is 894 g/mol. The molecule has 59 heavy (non-hydrogen) atoms. The molecule has 0 N–H and O–H groups in total. The van der Waals surface area contributed by atoms with Crippen LogP contribution in [0.3, 0.4) is 0 Å². The second-order valence-electron chi connectivity index (χ2n) is 11.9. The van der Waals surface area contributed by atoms with E-state index >= 15 is 0 Å². The van der Waals surface area contributed by atoms with Gasteiger partial charge in [0.15, 0.2) is 18.0 Å². The van der Waals surface area contributed by atoms with Crippen molar-refractivity contribution >= 4 is 92.5 Å². The summed E-state index contributed by atoms with van der Waals surface area (Å²) in [5, 5.41) is 29.1. The number of pyridine rings is 1. The van der Waals surface area contributed by atoms with Gasteiger partial charge in [-0.15, -0.1) is 30.6 Å². The molecular formula is C42H31Cl2N9S6. The zero-order valence-corrected chi connectivity index (χ0v) is 37.2. The molecule has 0 atom stereocenters. The Morgan fingerprint density at radius 1 is 0.424 bits per heavy atom. The molecule has 5 heterocycles. The minimum atomic E-state index is 0.646. The number of rotatable bonds is 12. The Balaban J connectivity index is 0.000000134. The molecule has 0 saturated carbocycles. The summed E-state index contributed by atoms with van der Waals surface area (Å²) in [6, 6.07) is 40.4. The number of hydrogen-bond acceptors (Lipinski definition) is 15. The van der Waals surface area contributed by atoms with Gasteiger partial charge in [-0.1, -0.05) is 190 Å². The minimum Gasteiger partial charge on any atom is -0.264 e. The Labute approximate surface area is 376 Å². The summed E-state index contributed by atoms with van der Waals surface area (Å²) in [6.45, 7) is 0. The van der Waals surface area contributed by atoms with Crippen molar-refractivity contribution in [2.45, 2.75) is 30.3 Å². The van der Waals surface area contributed by atoms with Gasteiger partial charge in [0, 0.05) is 63.2 Å². The molecule has 0 aliphatic carbocycles. The summed E-state index contributed by atoms with van der Waals surface area (Å²) in [4.78, 5) is 12.3. The van der Waals surface area contributed by atoms with Gasteiger partial charge in [-0.3, -0.25) is 15.0 Å². The Bertz CT molecular complexity index is 2460. The van der Waals surface area contributed by atoms with Gasteiger partial charge >= 0.3 is 0 Å². The van der Waals surface area contributed by atoms with Crippen molar-refractivity contribution in [1.29, 1.82) is 0 Å². The maximum absolute atomic E-state index is 6.15. The third kappa shape index (κ3) is 13.2. The third-order valence-corrected chi connectivity index (χ3v) is 14.9. The van der Waals surface area contributed by atoms with E-state index in [1.807, 2.05) is 66.9 Å². The van der Waals surface area contributed by atoms with E-state index in [1.54, 1.807) is 82.7 Å². The normalized spacial score (nSPS) is 10.6. The summed E-state index contributed by atoms with van der Waals surface area (Å²) in [6.07, 6.45) is 8.49. The van der Waals surface area contributed by atoms with Gasteiger partial charge in [0.1, 0.15) is 15.7 Å². The Kier molecular flexibility index (Phi) is 16.4. The molecule has 5 aromatic heterocycles. The van der Waals surface area contributed by atoms with E-state index in [9.17, 15) is 0 Å². The van der Waals surface area contributed by atoms with Crippen molar-refractivity contribution in [3.8, 4) is 31.8 Å². The van der Waals surface area contributed by atoms with Crippen LogP contribution in [-0.4, -0.2) is 45.5 Å². The zero-order chi connectivity index (χ0) is 40.5. The average molecular weight is 925 g/mol. The molecule has 17 heteroatoms. The molecule has 294 valence electrons. The fourth-order valence-electron chi connectivity index (χ4n) is 4.86. The fourth-order valence-corrected chi connectivity index (χ4v) is 11.0. The van der Waals surface area contributed by atoms with Crippen LogP contribution in [0.2, 0.25) is 10.0 Å². The van der Waals surface area contributed by atoms with Crippen LogP contribution in [0.5, 0.6) is 0 Å². The van der Waals surface area contributed by atoms with E-state index in [2.05, 4.69) is 106 Å². The maximum atomic E-state index is 6.15. The van der Waals surface area contributed by atoms with Crippen LogP contribution < -0.4 is 0 Å². The summed E-state index contributed by atoms with van der Waals surface area (Å²) in [5.74, 6) is 2.50. The number of nitrogens with zero attached hydrogens (tertiary/aromatic N) is 9. The predicted octanol–water partition coefficient (Wildman–Crippen LogP) is 13.0. The van der Waals surface area contributed by atoms with Crippen molar-refractivity contribution in [2.75, 3.05) is 0 Å². The molecule has 0 amide bonds. The van der Waals surface area contributed by atoms with Crippen molar-refractivity contribution in [2.24, 2.45) is 0 Å². The second-order valence-corrected chi connectivity index (χ2v) is 19.3. The molecule has 9 rings (SSSR count). The summed E-state index contributed by atoms with van der Waals surface area (Å²) >= 11 is 22.0. The monoisotopic (exact) mass is 923 g/mol. The number of benzene rings is 4. The number of thioether (sulfide) groups is 3. The molecule has 0 fully saturated rings. The number of hydrogen-bond donors (Lipinski definition) is 0. The SMILES string of the molecule is Clc1cccc(Cl)c1CSc1nnc(-c2cnccn2)s1.c1ccc(CSc2nnc(-c3ccccc3)s2)cc1.c1ccc(CSc2nnc(-c3cccnc3)s2)cc1. The first-order valence-corrected chi connectivity index (χ1v) is 23.9. The fraction of sp³-hybridized carbons (Fsp3) is 0.0714. The van der Waals surface area contributed by atoms with Crippen molar-refractivity contribution in [3.63, 3.8) is 0 Å². The Morgan fingerprint density at radius 2 is 0.915 bits per heavy atom. The molecule has 0 saturated heterocycles. The number of aromatic nitrogens is 9. The summed E-state index contributed by atoms with van der Waals surface area (Å²) < 4.78 is 2.84. The molecule has 9 aromatic rings. The van der Waals surface area contributed by atoms with Crippen LogP contribution >= 0.6 is 92.5 Å². The first-order valence-electron chi connectivity index (χ1n) is 17.7. The van der Waals surface area contributed by atoms with Gasteiger partial charge in [-0.05, 0) is 41.0 Å². The van der Waals surface area contributed by atoms with Gasteiger partial charge in [0.05, 0.1) is 6.20 Å². The highest BCUT2D eigenvalue weighted by molar-refractivity contribution is 8.00. The highest BCUT2D eigenvalue weighted by atomic mass is 35.5. The van der Waals surface area contributed by atoms with E-state index < -0.39 is 0 Å². The van der Waals surface area contributed by atoms with Gasteiger partial charge in [-0.25, -0.2) is 0 Å². The molecule has 9 nitrogen and oxygen atoms in total. The molecule has 0 radical (unpaired) electrons. The van der Waals surface area contributed by atoms with Crippen LogP contribution in [0.15, 0.2) is 165 Å². The predicted molar refractivity (Wildman–Crippen MR) is 247 cm³/mol. The Morgan fingerprint density at radius 3 is 1.46 bits per heavy atom. The maximum Gasteiger partial charge on any atom is 0.175 e. The van der Waals surface area contributed by atoms with Crippen molar-refractivity contribution in [3.05, 3.63) is 179 Å². The standard InChI is InChI=1S/C15H12N2S2.C14H11N3S2.C13H8Cl2N4S2/c1-3-7-12(8-4-1)11-18-15-17-16-14(19-15)13-9-5-2-6-10-13;1-2-5-11(6-3-1)10-18-14-17-16-13(19-14)12-7-4-8-15-9-12;14-9-2-1-3-10(15)8(9)7-20-13-19-18-12(21-13)11-6-16-4-5-17-11/h1-10H,11H2;1-9H,10H2;1-6H,7H2. The van der Waals surface area contributed by atoms with E-state index in [0.29, 0.717) is 15.8 Å². The average Bonchev–Trinajstić information content (AvgIpc) is 4.10. The van der Waals surface area contributed by atoms with E-state index in [0.717, 1.165) is 61.9 Å². The minimum absolute atomic E-state index is 0.646. The van der Waals surface area contributed by atoms with E-state index in [4.69, 9.17) is 23.2 Å². The number of halogens is 2. The van der Waals surface area contributed by atoms with Gasteiger partial charge in [0.2, 0.25) is 0 Å². The van der Waals surface area contributed by atoms with Crippen LogP contribution in [0, 0.1) is 0 Å². The highest BCUT2D eigenvalue weighted by Gasteiger charge is 2.12. The van der Waals surface area contributed by atoms with E-state index in [-0.39, 0.29) is 0 Å². The lowest BCUT2D eigenvalue weighted by atomic mass is 10.2. The highest BCUT2D eigenvalue weighted by Crippen LogP contribution is 2.35. The van der Waals surface area contributed by atoms with Crippen molar-refractivity contribution in [1.82, 2.24) is 45.5 Å². The zero-order valence-electron chi connectivity index (χ0n) is 30.8. The third-order valence-electron chi connectivity index (χ3n) is 7.74. The van der Waals surface area contributed by atoms with E-state index in [1.165, 1.54) is 22.5 Å². The topological polar surface area (TPSA) is 116 Å². The molecule has 0 aliphatic rings. The smallest absolute Gasteiger partial charge is 0.175 e. The lowest BCUT2D eigenvalue weighted by Gasteiger charge is -2.04. The largest absolute Gasteiger partial charge is 0.264 e. The quantitative estimate of drug-likeness (QED) is 0.109. The Hall–Kier alpha value is -4.58. The first kappa shape index (κ1) is 42.5.